The topological polar surface area (TPSA) is 46.0 Å². The fraction of sp³-hybridized carbons (Fsp3) is 0.571. The Morgan fingerprint density at radius 3 is 3.20 bits per heavy atom. The summed E-state index contributed by atoms with van der Waals surface area (Å²) < 4.78 is 2.22. The van der Waals surface area contributed by atoms with Crippen LogP contribution in [0.4, 0.5) is 5.13 Å². The third-order valence-corrected chi connectivity index (χ3v) is 4.59. The van der Waals surface area contributed by atoms with Crippen LogP contribution in [0, 0.1) is 0 Å². The second-order valence-electron chi connectivity index (χ2n) is 5.19. The smallest absolute Gasteiger partial charge is 0.186 e. The minimum atomic E-state index is 0.326. The second-order valence-corrected chi connectivity index (χ2v) is 6.03. The quantitative estimate of drug-likeness (QED) is 0.919. The lowest BCUT2D eigenvalue weighted by Crippen LogP contribution is -2.33. The number of hydrogen-bond acceptors (Lipinski definition) is 5. The van der Waals surface area contributed by atoms with Crippen LogP contribution in [0.2, 0.25) is 0 Å². The molecule has 108 valence electrons. The third-order valence-electron chi connectivity index (χ3n) is 3.67. The van der Waals surface area contributed by atoms with Crippen LogP contribution < -0.4 is 10.2 Å². The molecular weight excluding hydrogens is 270 g/mol. The van der Waals surface area contributed by atoms with Crippen LogP contribution in [0.15, 0.2) is 17.8 Å². The van der Waals surface area contributed by atoms with Gasteiger partial charge in [-0.25, -0.2) is 9.97 Å². The van der Waals surface area contributed by atoms with Crippen molar-refractivity contribution in [2.75, 3.05) is 18.0 Å². The van der Waals surface area contributed by atoms with E-state index in [1.807, 2.05) is 6.20 Å². The van der Waals surface area contributed by atoms with Crippen molar-refractivity contribution in [2.45, 2.75) is 39.4 Å². The van der Waals surface area contributed by atoms with Crippen molar-refractivity contribution in [2.24, 2.45) is 0 Å². The zero-order chi connectivity index (χ0) is 13.9. The van der Waals surface area contributed by atoms with Crippen molar-refractivity contribution in [3.8, 4) is 0 Å². The number of fused-ring (bicyclic) bond motifs is 1. The Morgan fingerprint density at radius 1 is 1.45 bits per heavy atom. The van der Waals surface area contributed by atoms with Crippen LogP contribution >= 0.6 is 11.3 Å². The number of nitrogens with zero attached hydrogens (tertiary/aromatic N) is 4. The van der Waals surface area contributed by atoms with Gasteiger partial charge in [0.25, 0.3) is 0 Å². The fourth-order valence-electron chi connectivity index (χ4n) is 2.42. The summed E-state index contributed by atoms with van der Waals surface area (Å²) >= 11 is 1.73. The molecule has 0 spiro atoms. The van der Waals surface area contributed by atoms with Crippen molar-refractivity contribution in [3.05, 3.63) is 29.3 Å². The van der Waals surface area contributed by atoms with Crippen LogP contribution in [-0.4, -0.2) is 27.6 Å². The van der Waals surface area contributed by atoms with E-state index >= 15 is 0 Å². The van der Waals surface area contributed by atoms with Crippen molar-refractivity contribution < 1.29 is 0 Å². The normalized spacial score (nSPS) is 16.2. The van der Waals surface area contributed by atoms with Gasteiger partial charge in [0, 0.05) is 36.9 Å². The molecule has 20 heavy (non-hydrogen) atoms. The first-order valence-corrected chi connectivity index (χ1v) is 8.09. The molecule has 0 bridgehead atoms. The number of anilines is 1. The van der Waals surface area contributed by atoms with E-state index in [2.05, 4.69) is 45.2 Å². The molecule has 1 atom stereocenters. The molecular formula is C14H21N5S. The van der Waals surface area contributed by atoms with Gasteiger partial charge < -0.3 is 14.8 Å². The summed E-state index contributed by atoms with van der Waals surface area (Å²) in [6.45, 7) is 8.26. The monoisotopic (exact) mass is 291 g/mol. The first kappa shape index (κ1) is 13.6. The molecule has 0 aromatic carbocycles. The first-order valence-electron chi connectivity index (χ1n) is 7.21. The Kier molecular flexibility index (Phi) is 4.03. The number of rotatable bonds is 5. The first-order chi connectivity index (χ1) is 9.78. The van der Waals surface area contributed by atoms with E-state index in [4.69, 9.17) is 4.98 Å². The van der Waals surface area contributed by atoms with Gasteiger partial charge in [0.2, 0.25) is 0 Å². The van der Waals surface area contributed by atoms with Gasteiger partial charge in [0.05, 0.1) is 12.2 Å². The highest BCUT2D eigenvalue weighted by atomic mass is 32.1. The molecule has 0 saturated heterocycles. The lowest BCUT2D eigenvalue weighted by atomic mass is 10.2. The zero-order valence-corrected chi connectivity index (χ0v) is 12.9. The minimum absolute atomic E-state index is 0.326. The summed E-state index contributed by atoms with van der Waals surface area (Å²) in [5.74, 6) is 1.13. The molecule has 1 unspecified atom stereocenters. The van der Waals surface area contributed by atoms with Crippen LogP contribution in [0.1, 0.15) is 37.8 Å². The van der Waals surface area contributed by atoms with Crippen molar-refractivity contribution in [1.82, 2.24) is 19.9 Å². The fourth-order valence-corrected chi connectivity index (χ4v) is 3.37. The maximum Gasteiger partial charge on any atom is 0.186 e. The number of aromatic nitrogens is 3. The SMILES string of the molecule is CCCNC(C)c1csc(N2CCn3ccnc3C2)n1. The number of hydrogen-bond donors (Lipinski definition) is 1. The van der Waals surface area contributed by atoms with E-state index in [1.54, 1.807) is 11.3 Å². The summed E-state index contributed by atoms with van der Waals surface area (Å²) in [6.07, 6.45) is 5.08. The van der Waals surface area contributed by atoms with Crippen LogP contribution in [0.5, 0.6) is 0 Å². The highest BCUT2D eigenvalue weighted by Crippen LogP contribution is 2.26. The molecule has 1 aliphatic rings. The van der Waals surface area contributed by atoms with Gasteiger partial charge in [-0.15, -0.1) is 11.3 Å². The Morgan fingerprint density at radius 2 is 2.35 bits per heavy atom. The largest absolute Gasteiger partial charge is 0.339 e. The summed E-state index contributed by atoms with van der Waals surface area (Å²) in [5, 5.41) is 6.77. The van der Waals surface area contributed by atoms with Gasteiger partial charge in [0.15, 0.2) is 5.13 Å². The maximum atomic E-state index is 4.79. The Balaban J connectivity index is 1.68. The highest BCUT2D eigenvalue weighted by molar-refractivity contribution is 7.13. The lowest BCUT2D eigenvalue weighted by Gasteiger charge is -2.27. The molecule has 3 rings (SSSR count). The molecule has 0 radical (unpaired) electrons. The second kappa shape index (κ2) is 5.93. The molecule has 3 heterocycles. The molecule has 0 fully saturated rings. The van der Waals surface area contributed by atoms with E-state index in [9.17, 15) is 0 Å². The molecule has 0 saturated carbocycles. The summed E-state index contributed by atoms with van der Waals surface area (Å²) in [4.78, 5) is 11.5. The zero-order valence-electron chi connectivity index (χ0n) is 12.0. The molecule has 1 N–H and O–H groups in total. The standard InChI is InChI=1S/C14H21N5S/c1-3-4-15-11(2)12-10-20-14(17-12)19-8-7-18-6-5-16-13(18)9-19/h5-6,10-11,15H,3-4,7-9H2,1-2H3. The minimum Gasteiger partial charge on any atom is -0.339 e. The maximum absolute atomic E-state index is 4.79. The van der Waals surface area contributed by atoms with E-state index in [0.29, 0.717) is 6.04 Å². The molecule has 1 aliphatic heterocycles. The average Bonchev–Trinajstić information content (AvgIpc) is 3.12. The molecule has 2 aromatic heterocycles. The van der Waals surface area contributed by atoms with Crippen molar-refractivity contribution in [3.63, 3.8) is 0 Å². The van der Waals surface area contributed by atoms with Gasteiger partial charge in [0.1, 0.15) is 5.82 Å². The average molecular weight is 291 g/mol. The molecule has 5 nitrogen and oxygen atoms in total. The van der Waals surface area contributed by atoms with E-state index < -0.39 is 0 Å². The van der Waals surface area contributed by atoms with Crippen molar-refractivity contribution in [1.29, 1.82) is 0 Å². The molecule has 0 amide bonds. The Hall–Kier alpha value is -1.40. The summed E-state index contributed by atoms with van der Waals surface area (Å²) in [5.41, 5.74) is 1.15. The Bertz CT molecular complexity index is 561. The van der Waals surface area contributed by atoms with Gasteiger partial charge >= 0.3 is 0 Å². The molecule has 2 aromatic rings. The van der Waals surface area contributed by atoms with E-state index in [0.717, 1.165) is 49.2 Å². The predicted molar refractivity (Wildman–Crippen MR) is 82.1 cm³/mol. The lowest BCUT2D eigenvalue weighted by molar-refractivity contribution is 0.549. The number of thiazole rings is 1. The van der Waals surface area contributed by atoms with Gasteiger partial charge in [-0.05, 0) is 19.9 Å². The Labute approximate surface area is 123 Å². The number of imidazole rings is 1. The summed E-state index contributed by atoms with van der Waals surface area (Å²) in [7, 11) is 0. The van der Waals surface area contributed by atoms with Gasteiger partial charge in [-0.1, -0.05) is 6.92 Å². The predicted octanol–water partition coefficient (Wildman–Crippen LogP) is 2.42. The van der Waals surface area contributed by atoms with E-state index in [1.165, 1.54) is 0 Å². The third kappa shape index (κ3) is 2.71. The molecule has 0 aliphatic carbocycles. The van der Waals surface area contributed by atoms with Crippen LogP contribution in [0.3, 0.4) is 0 Å². The van der Waals surface area contributed by atoms with Crippen LogP contribution in [0.25, 0.3) is 0 Å². The van der Waals surface area contributed by atoms with Gasteiger partial charge in [-0.2, -0.15) is 0 Å². The number of nitrogens with one attached hydrogen (secondary N) is 1. The molecule has 6 heteroatoms. The van der Waals surface area contributed by atoms with Gasteiger partial charge in [-0.3, -0.25) is 0 Å². The van der Waals surface area contributed by atoms with Crippen molar-refractivity contribution >= 4 is 16.5 Å². The van der Waals surface area contributed by atoms with Crippen LogP contribution in [-0.2, 0) is 13.1 Å². The van der Waals surface area contributed by atoms with E-state index in [-0.39, 0.29) is 0 Å². The highest BCUT2D eigenvalue weighted by Gasteiger charge is 2.20. The summed E-state index contributed by atoms with van der Waals surface area (Å²) in [6, 6.07) is 0.326.